The van der Waals surface area contributed by atoms with Crippen molar-refractivity contribution >= 4 is 5.69 Å². The van der Waals surface area contributed by atoms with Crippen LogP contribution in [0, 0.1) is 31.0 Å². The molecule has 18 heavy (non-hydrogen) atoms. The molecule has 0 bridgehead atoms. The van der Waals surface area contributed by atoms with Gasteiger partial charge < -0.3 is 9.84 Å². The van der Waals surface area contributed by atoms with Crippen LogP contribution in [-0.2, 0) is 6.54 Å². The number of rotatable bonds is 3. The summed E-state index contributed by atoms with van der Waals surface area (Å²) in [4.78, 5) is 0. The van der Waals surface area contributed by atoms with Crippen LogP contribution in [0.2, 0.25) is 0 Å². The summed E-state index contributed by atoms with van der Waals surface area (Å²) in [7, 11) is 0. The summed E-state index contributed by atoms with van der Waals surface area (Å²) in [5, 5.41) is 15.5. The topological polar surface area (TPSA) is 61.9 Å². The normalized spacial score (nSPS) is 10.1. The molecular formula is C13H12FN3O. The zero-order valence-corrected chi connectivity index (χ0v) is 10.1. The Bertz CT molecular complexity index is 594. The number of hydrogen-bond acceptors (Lipinski definition) is 4. The summed E-state index contributed by atoms with van der Waals surface area (Å²) in [6, 6.07) is 6.20. The van der Waals surface area contributed by atoms with Crippen LogP contribution in [0.15, 0.2) is 22.7 Å². The molecule has 0 spiro atoms. The summed E-state index contributed by atoms with van der Waals surface area (Å²) >= 11 is 0. The number of benzene rings is 1. The Morgan fingerprint density at radius 1 is 1.44 bits per heavy atom. The van der Waals surface area contributed by atoms with E-state index < -0.39 is 5.82 Å². The molecule has 0 atom stereocenters. The number of nitriles is 1. The molecular weight excluding hydrogens is 233 g/mol. The van der Waals surface area contributed by atoms with Crippen molar-refractivity contribution in [2.24, 2.45) is 0 Å². The molecule has 1 aromatic heterocycles. The summed E-state index contributed by atoms with van der Waals surface area (Å²) < 4.78 is 18.4. The first-order valence-electron chi connectivity index (χ1n) is 5.47. The molecule has 1 heterocycles. The zero-order chi connectivity index (χ0) is 13.1. The van der Waals surface area contributed by atoms with Gasteiger partial charge in [0.15, 0.2) is 0 Å². The molecule has 0 radical (unpaired) electrons. The molecule has 2 aromatic rings. The standard InChI is InChI=1S/C13H12FN3O/c1-8-12(9(2)18-17-8)7-16-11-4-3-10(6-15)13(14)5-11/h3-5,16H,7H2,1-2H3. The van der Waals surface area contributed by atoms with Crippen LogP contribution in [-0.4, -0.2) is 5.16 Å². The lowest BCUT2D eigenvalue weighted by Gasteiger charge is -2.06. The van der Waals surface area contributed by atoms with E-state index >= 15 is 0 Å². The lowest BCUT2D eigenvalue weighted by Crippen LogP contribution is -2.02. The molecule has 0 amide bonds. The van der Waals surface area contributed by atoms with Crippen LogP contribution < -0.4 is 5.32 Å². The van der Waals surface area contributed by atoms with Gasteiger partial charge in [-0.15, -0.1) is 0 Å². The van der Waals surface area contributed by atoms with E-state index in [1.807, 2.05) is 13.8 Å². The van der Waals surface area contributed by atoms with Gasteiger partial charge in [-0.25, -0.2) is 4.39 Å². The van der Waals surface area contributed by atoms with Crippen LogP contribution in [0.25, 0.3) is 0 Å². The lowest BCUT2D eigenvalue weighted by atomic mass is 10.2. The first kappa shape index (κ1) is 12.1. The number of halogens is 1. The maximum absolute atomic E-state index is 13.4. The molecule has 0 saturated carbocycles. The number of nitrogens with zero attached hydrogens (tertiary/aromatic N) is 2. The first-order chi connectivity index (χ1) is 8.61. The van der Waals surface area contributed by atoms with Crippen LogP contribution in [0.1, 0.15) is 22.6 Å². The third-order valence-corrected chi connectivity index (χ3v) is 2.74. The number of nitrogens with one attached hydrogen (secondary N) is 1. The highest BCUT2D eigenvalue weighted by Gasteiger charge is 2.09. The third-order valence-electron chi connectivity index (χ3n) is 2.74. The molecule has 0 aliphatic carbocycles. The van der Waals surface area contributed by atoms with E-state index in [1.54, 1.807) is 12.1 Å². The summed E-state index contributed by atoms with van der Waals surface area (Å²) in [5.74, 6) is 0.218. The van der Waals surface area contributed by atoms with Gasteiger partial charge in [0.1, 0.15) is 17.6 Å². The molecule has 0 fully saturated rings. The zero-order valence-electron chi connectivity index (χ0n) is 10.1. The van der Waals surface area contributed by atoms with Crippen molar-refractivity contribution in [1.82, 2.24) is 5.16 Å². The van der Waals surface area contributed by atoms with Gasteiger partial charge in [0.05, 0.1) is 11.3 Å². The third kappa shape index (κ3) is 2.33. The molecule has 4 nitrogen and oxygen atoms in total. The van der Waals surface area contributed by atoms with E-state index in [0.717, 1.165) is 17.0 Å². The molecule has 0 saturated heterocycles. The van der Waals surface area contributed by atoms with Gasteiger partial charge in [-0.2, -0.15) is 5.26 Å². The number of aryl methyl sites for hydroxylation is 2. The van der Waals surface area contributed by atoms with Crippen molar-refractivity contribution in [2.75, 3.05) is 5.32 Å². The second-order valence-electron chi connectivity index (χ2n) is 3.96. The van der Waals surface area contributed by atoms with Crippen LogP contribution >= 0.6 is 0 Å². The number of hydrogen-bond donors (Lipinski definition) is 1. The molecule has 0 aliphatic rings. The van der Waals surface area contributed by atoms with Crippen molar-refractivity contribution < 1.29 is 8.91 Å². The molecule has 0 aliphatic heterocycles. The second-order valence-corrected chi connectivity index (χ2v) is 3.96. The highest BCUT2D eigenvalue weighted by molar-refractivity contribution is 5.48. The van der Waals surface area contributed by atoms with E-state index in [9.17, 15) is 4.39 Å². The van der Waals surface area contributed by atoms with E-state index in [0.29, 0.717) is 12.2 Å². The largest absolute Gasteiger partial charge is 0.381 e. The molecule has 1 N–H and O–H groups in total. The summed E-state index contributed by atoms with van der Waals surface area (Å²) in [5.41, 5.74) is 2.43. The Kier molecular flexibility index (Phi) is 3.28. The van der Waals surface area contributed by atoms with Crippen molar-refractivity contribution in [1.29, 1.82) is 5.26 Å². The fraction of sp³-hybridized carbons (Fsp3) is 0.231. The minimum absolute atomic E-state index is 0.0397. The fourth-order valence-corrected chi connectivity index (χ4v) is 1.66. The van der Waals surface area contributed by atoms with Crippen molar-refractivity contribution in [3.8, 4) is 6.07 Å². The molecule has 1 aromatic carbocycles. The van der Waals surface area contributed by atoms with Gasteiger partial charge in [-0.05, 0) is 32.0 Å². The van der Waals surface area contributed by atoms with Crippen molar-refractivity contribution in [3.05, 3.63) is 46.6 Å². The van der Waals surface area contributed by atoms with Gasteiger partial charge in [-0.1, -0.05) is 5.16 Å². The second kappa shape index (κ2) is 4.88. The summed E-state index contributed by atoms with van der Waals surface area (Å²) in [6.45, 7) is 4.19. The molecule has 2 rings (SSSR count). The fourth-order valence-electron chi connectivity index (χ4n) is 1.66. The van der Waals surface area contributed by atoms with Gasteiger partial charge >= 0.3 is 0 Å². The predicted molar refractivity (Wildman–Crippen MR) is 64.4 cm³/mol. The monoisotopic (exact) mass is 245 g/mol. The van der Waals surface area contributed by atoms with Crippen molar-refractivity contribution in [3.63, 3.8) is 0 Å². The van der Waals surface area contributed by atoms with Gasteiger partial charge in [0.2, 0.25) is 0 Å². The lowest BCUT2D eigenvalue weighted by molar-refractivity contribution is 0.392. The molecule has 92 valence electrons. The maximum atomic E-state index is 13.4. The highest BCUT2D eigenvalue weighted by Crippen LogP contribution is 2.17. The van der Waals surface area contributed by atoms with Gasteiger partial charge in [0, 0.05) is 17.8 Å². The van der Waals surface area contributed by atoms with Gasteiger partial charge in [-0.3, -0.25) is 0 Å². The van der Waals surface area contributed by atoms with Crippen molar-refractivity contribution in [2.45, 2.75) is 20.4 Å². The number of aromatic nitrogens is 1. The Morgan fingerprint density at radius 3 is 2.78 bits per heavy atom. The summed E-state index contributed by atoms with van der Waals surface area (Å²) in [6.07, 6.45) is 0. The average molecular weight is 245 g/mol. The van der Waals surface area contributed by atoms with Gasteiger partial charge in [0.25, 0.3) is 0 Å². The van der Waals surface area contributed by atoms with Crippen LogP contribution in [0.5, 0.6) is 0 Å². The Hall–Kier alpha value is -2.35. The van der Waals surface area contributed by atoms with E-state index in [2.05, 4.69) is 10.5 Å². The predicted octanol–water partition coefficient (Wildman–Crippen LogP) is 2.91. The van der Waals surface area contributed by atoms with E-state index in [4.69, 9.17) is 9.78 Å². The Balaban J connectivity index is 2.12. The Morgan fingerprint density at radius 2 is 2.22 bits per heavy atom. The molecule has 0 unspecified atom stereocenters. The van der Waals surface area contributed by atoms with Crippen LogP contribution in [0.4, 0.5) is 10.1 Å². The van der Waals surface area contributed by atoms with E-state index in [1.165, 1.54) is 12.1 Å². The number of anilines is 1. The first-order valence-corrected chi connectivity index (χ1v) is 5.47. The smallest absolute Gasteiger partial charge is 0.143 e. The Labute approximate surface area is 104 Å². The average Bonchev–Trinajstić information content (AvgIpc) is 2.67. The van der Waals surface area contributed by atoms with Crippen LogP contribution in [0.3, 0.4) is 0 Å². The minimum atomic E-state index is -0.527. The quantitative estimate of drug-likeness (QED) is 0.903. The maximum Gasteiger partial charge on any atom is 0.143 e. The van der Waals surface area contributed by atoms with E-state index in [-0.39, 0.29) is 5.56 Å². The highest BCUT2D eigenvalue weighted by atomic mass is 19.1. The minimum Gasteiger partial charge on any atom is -0.381 e. The molecule has 5 heteroatoms. The SMILES string of the molecule is Cc1noc(C)c1CNc1ccc(C#N)c(F)c1.